The van der Waals surface area contributed by atoms with Crippen LogP contribution in [-0.4, -0.2) is 11.3 Å². The predicted octanol–water partition coefficient (Wildman–Crippen LogP) is 2.20. The number of hydrogen-bond acceptors (Lipinski definition) is 3. The Hall–Kier alpha value is -0.670. The normalized spacial score (nSPS) is 19.5. The van der Waals surface area contributed by atoms with Crippen molar-refractivity contribution in [2.45, 2.75) is 31.2 Å². The van der Waals surface area contributed by atoms with E-state index < -0.39 is 0 Å². The van der Waals surface area contributed by atoms with Crippen molar-refractivity contribution in [1.82, 2.24) is 0 Å². The van der Waals surface area contributed by atoms with Gasteiger partial charge >= 0.3 is 0 Å². The van der Waals surface area contributed by atoms with Crippen LogP contribution in [0.2, 0.25) is 0 Å². The summed E-state index contributed by atoms with van der Waals surface area (Å²) >= 11 is 1.56. The Labute approximate surface area is 81.8 Å². The van der Waals surface area contributed by atoms with Crippen molar-refractivity contribution in [1.29, 1.82) is 0 Å². The molecule has 3 heteroatoms. The first-order chi connectivity index (χ1) is 6.20. The van der Waals surface area contributed by atoms with Crippen LogP contribution in [0.3, 0.4) is 0 Å². The molecule has 0 bridgehead atoms. The van der Waals surface area contributed by atoms with Gasteiger partial charge < -0.3 is 5.73 Å². The van der Waals surface area contributed by atoms with Crippen LogP contribution in [0.25, 0.3) is 0 Å². The van der Waals surface area contributed by atoms with Gasteiger partial charge in [0, 0.05) is 22.9 Å². The predicted molar refractivity (Wildman–Crippen MR) is 54.0 cm³/mol. The number of ketones is 1. The summed E-state index contributed by atoms with van der Waals surface area (Å²) in [7, 11) is 0. The third-order valence-corrected chi connectivity index (χ3v) is 3.39. The highest BCUT2D eigenvalue weighted by atomic mass is 32.1. The van der Waals surface area contributed by atoms with E-state index in [1.807, 2.05) is 16.8 Å². The summed E-state index contributed by atoms with van der Waals surface area (Å²) in [5, 5.41) is 3.82. The molecule has 0 unspecified atom stereocenters. The van der Waals surface area contributed by atoms with Crippen molar-refractivity contribution >= 4 is 17.1 Å². The molecule has 1 aromatic heterocycles. The summed E-state index contributed by atoms with van der Waals surface area (Å²) in [4.78, 5) is 11.6. The Kier molecular flexibility index (Phi) is 2.22. The minimum absolute atomic E-state index is 0.182. The second-order valence-electron chi connectivity index (χ2n) is 3.83. The van der Waals surface area contributed by atoms with Crippen LogP contribution >= 0.6 is 11.3 Å². The number of carbonyl (C=O) groups excluding carboxylic acids is 1. The number of thiophene rings is 1. The van der Waals surface area contributed by atoms with Gasteiger partial charge in [-0.3, -0.25) is 4.79 Å². The molecule has 1 aliphatic carbocycles. The maximum absolute atomic E-state index is 11.6. The third kappa shape index (κ3) is 1.81. The first kappa shape index (κ1) is 8.91. The van der Waals surface area contributed by atoms with Gasteiger partial charge in [-0.2, -0.15) is 11.3 Å². The molecule has 2 nitrogen and oxygen atoms in total. The molecule has 0 amide bonds. The SMILES string of the molecule is NC1(CC(=O)c2ccsc2)CCC1. The minimum Gasteiger partial charge on any atom is -0.325 e. The van der Waals surface area contributed by atoms with Crippen LogP contribution in [-0.2, 0) is 0 Å². The molecular weight excluding hydrogens is 182 g/mol. The average Bonchev–Trinajstić information content (AvgIpc) is 2.53. The summed E-state index contributed by atoms with van der Waals surface area (Å²) in [5.41, 5.74) is 6.63. The quantitative estimate of drug-likeness (QED) is 0.751. The molecule has 13 heavy (non-hydrogen) atoms. The molecule has 1 saturated carbocycles. The largest absolute Gasteiger partial charge is 0.325 e. The maximum atomic E-state index is 11.6. The van der Waals surface area contributed by atoms with E-state index in [4.69, 9.17) is 5.73 Å². The van der Waals surface area contributed by atoms with Crippen LogP contribution in [0.5, 0.6) is 0 Å². The molecule has 0 aliphatic heterocycles. The highest BCUT2D eigenvalue weighted by molar-refractivity contribution is 7.08. The zero-order valence-corrected chi connectivity index (χ0v) is 8.27. The molecule has 2 rings (SSSR count). The van der Waals surface area contributed by atoms with Crippen LogP contribution in [0.1, 0.15) is 36.0 Å². The highest BCUT2D eigenvalue weighted by Gasteiger charge is 2.34. The second-order valence-corrected chi connectivity index (χ2v) is 4.61. The molecule has 0 spiro atoms. The lowest BCUT2D eigenvalue weighted by Gasteiger charge is -2.37. The maximum Gasteiger partial charge on any atom is 0.165 e. The van der Waals surface area contributed by atoms with E-state index in [9.17, 15) is 4.79 Å². The molecule has 70 valence electrons. The fourth-order valence-corrected chi connectivity index (χ4v) is 2.31. The Balaban J connectivity index is 1.99. The van der Waals surface area contributed by atoms with Crippen molar-refractivity contribution in [2.75, 3.05) is 0 Å². The fraction of sp³-hybridized carbons (Fsp3) is 0.500. The molecular formula is C10H13NOS. The van der Waals surface area contributed by atoms with E-state index in [0.29, 0.717) is 6.42 Å². The Morgan fingerprint density at radius 1 is 1.62 bits per heavy atom. The molecule has 0 saturated heterocycles. The van der Waals surface area contributed by atoms with Gasteiger partial charge in [0.05, 0.1) is 0 Å². The lowest BCUT2D eigenvalue weighted by molar-refractivity contribution is 0.0913. The Morgan fingerprint density at radius 3 is 2.85 bits per heavy atom. The first-order valence-electron chi connectivity index (χ1n) is 4.54. The van der Waals surface area contributed by atoms with Gasteiger partial charge in [0.1, 0.15) is 0 Å². The van der Waals surface area contributed by atoms with Crippen LogP contribution in [0.4, 0.5) is 0 Å². The van der Waals surface area contributed by atoms with Crippen LogP contribution < -0.4 is 5.73 Å². The van der Waals surface area contributed by atoms with E-state index in [1.54, 1.807) is 11.3 Å². The van der Waals surface area contributed by atoms with E-state index >= 15 is 0 Å². The Morgan fingerprint density at radius 2 is 2.38 bits per heavy atom. The number of nitrogens with two attached hydrogens (primary N) is 1. The lowest BCUT2D eigenvalue weighted by Crippen LogP contribution is -2.48. The van der Waals surface area contributed by atoms with Gasteiger partial charge in [0.2, 0.25) is 0 Å². The van der Waals surface area contributed by atoms with Gasteiger partial charge in [-0.25, -0.2) is 0 Å². The molecule has 1 aliphatic rings. The van der Waals surface area contributed by atoms with E-state index in [2.05, 4.69) is 0 Å². The third-order valence-electron chi connectivity index (χ3n) is 2.71. The molecule has 0 atom stereocenters. The van der Waals surface area contributed by atoms with Crippen molar-refractivity contribution in [3.63, 3.8) is 0 Å². The van der Waals surface area contributed by atoms with Crippen molar-refractivity contribution in [3.8, 4) is 0 Å². The second kappa shape index (κ2) is 3.24. The Bertz CT molecular complexity index is 301. The smallest absolute Gasteiger partial charge is 0.165 e. The average molecular weight is 195 g/mol. The van der Waals surface area contributed by atoms with E-state index in [-0.39, 0.29) is 11.3 Å². The highest BCUT2D eigenvalue weighted by Crippen LogP contribution is 2.33. The molecule has 2 N–H and O–H groups in total. The fourth-order valence-electron chi connectivity index (χ4n) is 1.65. The molecule has 1 heterocycles. The molecule has 1 fully saturated rings. The van der Waals surface area contributed by atoms with Gasteiger partial charge in [-0.05, 0) is 30.7 Å². The monoisotopic (exact) mass is 195 g/mol. The number of hydrogen-bond donors (Lipinski definition) is 1. The zero-order valence-electron chi connectivity index (χ0n) is 7.45. The summed E-state index contributed by atoms with van der Waals surface area (Å²) in [6.45, 7) is 0. The molecule has 1 aromatic rings. The summed E-state index contributed by atoms with van der Waals surface area (Å²) < 4.78 is 0. The van der Waals surface area contributed by atoms with Crippen LogP contribution in [0, 0.1) is 0 Å². The summed E-state index contributed by atoms with van der Waals surface area (Å²) in [6.07, 6.45) is 3.70. The van der Waals surface area contributed by atoms with E-state index in [1.165, 1.54) is 6.42 Å². The van der Waals surface area contributed by atoms with Crippen molar-refractivity contribution in [3.05, 3.63) is 22.4 Å². The number of rotatable bonds is 3. The number of Topliss-reactive ketones (excluding diaryl/α,β-unsaturated/α-hetero) is 1. The molecule has 0 aromatic carbocycles. The van der Waals surface area contributed by atoms with Crippen molar-refractivity contribution < 1.29 is 4.79 Å². The summed E-state index contributed by atoms with van der Waals surface area (Å²) in [6, 6.07) is 1.87. The number of carbonyl (C=O) groups is 1. The topological polar surface area (TPSA) is 43.1 Å². The first-order valence-corrected chi connectivity index (χ1v) is 5.48. The minimum atomic E-state index is -0.182. The zero-order chi connectivity index (χ0) is 9.31. The van der Waals surface area contributed by atoms with Gasteiger partial charge in [0.25, 0.3) is 0 Å². The lowest BCUT2D eigenvalue weighted by atomic mass is 9.74. The molecule has 0 radical (unpaired) electrons. The van der Waals surface area contributed by atoms with Gasteiger partial charge in [-0.15, -0.1) is 0 Å². The van der Waals surface area contributed by atoms with E-state index in [0.717, 1.165) is 18.4 Å². The summed E-state index contributed by atoms with van der Waals surface area (Å²) in [5.74, 6) is 0.198. The van der Waals surface area contributed by atoms with Gasteiger partial charge in [0.15, 0.2) is 5.78 Å². The van der Waals surface area contributed by atoms with Crippen molar-refractivity contribution in [2.24, 2.45) is 5.73 Å². The van der Waals surface area contributed by atoms with Crippen LogP contribution in [0.15, 0.2) is 16.8 Å². The van der Waals surface area contributed by atoms with Gasteiger partial charge in [-0.1, -0.05) is 0 Å². The standard InChI is InChI=1S/C10H13NOS/c11-10(3-1-4-10)6-9(12)8-2-5-13-7-8/h2,5,7H,1,3-4,6,11H2.